The van der Waals surface area contributed by atoms with Crippen molar-refractivity contribution >= 4 is 22.5 Å². The van der Waals surface area contributed by atoms with Crippen LogP contribution in [0.3, 0.4) is 0 Å². The summed E-state index contributed by atoms with van der Waals surface area (Å²) in [5.74, 6) is -1.47. The Balaban J connectivity index is 0.856. The number of Topliss-reactive ketones (excluding diaryl/α,β-unsaturated/α-hetero) is 1. The number of benzene rings is 2. The molecule has 2 aromatic carbocycles. The molecule has 74 heavy (non-hydrogen) atoms. The van der Waals surface area contributed by atoms with Crippen molar-refractivity contribution in [1.29, 1.82) is 0 Å². The number of hydrogen-bond donors (Lipinski definition) is 9. The van der Waals surface area contributed by atoms with Crippen molar-refractivity contribution in [1.82, 2.24) is 10.9 Å². The Kier molecular flexibility index (Phi) is 10.8. The van der Waals surface area contributed by atoms with Gasteiger partial charge in [0, 0.05) is 47.1 Å². The fraction of sp³-hybridized carbons (Fsp3) is 0.729. The van der Waals surface area contributed by atoms with Crippen LogP contribution >= 0.6 is 0 Å². The van der Waals surface area contributed by atoms with E-state index in [0.717, 1.165) is 42.7 Å². The van der Waals surface area contributed by atoms with Gasteiger partial charge in [0.25, 0.3) is 0 Å². The summed E-state index contributed by atoms with van der Waals surface area (Å²) in [6, 6.07) is 2.56. The minimum absolute atomic E-state index is 0.0297. The molecule has 0 radical (unpaired) electrons. The molecule has 12 aliphatic rings. The van der Waals surface area contributed by atoms with Crippen LogP contribution in [0, 0.1) is 63.6 Å². The Morgan fingerprint density at radius 1 is 0.919 bits per heavy atom. The third-order valence-electron chi connectivity index (χ3n) is 23.9. The Labute approximate surface area is 432 Å². The van der Waals surface area contributed by atoms with Crippen molar-refractivity contribution in [3.05, 3.63) is 51.6 Å². The van der Waals surface area contributed by atoms with Gasteiger partial charge < -0.3 is 54.7 Å². The molecular weight excluding hydrogens is 945 g/mol. The maximum Gasteiger partial charge on any atom is 0.335 e. The summed E-state index contributed by atoms with van der Waals surface area (Å²) < 4.78 is 26.9. The highest BCUT2D eigenvalue weighted by Gasteiger charge is 2.78. The predicted molar refractivity (Wildman–Crippen MR) is 269 cm³/mol. The van der Waals surface area contributed by atoms with Gasteiger partial charge in [-0.1, -0.05) is 18.9 Å². The summed E-state index contributed by atoms with van der Waals surface area (Å²) >= 11 is 0. The number of aliphatic hydroxyl groups excluding tert-OH is 4. The number of ether oxygens (including phenoxy) is 4. The number of ketones is 1. The van der Waals surface area contributed by atoms with Gasteiger partial charge in [-0.15, -0.1) is 0 Å². The van der Waals surface area contributed by atoms with Gasteiger partial charge in [-0.2, -0.15) is 0 Å². The molecule has 17 atom stereocenters. The number of carbonyl (C=O) groups is 2. The lowest BCUT2D eigenvalue weighted by Crippen LogP contribution is -2.81. The number of carbonyl (C=O) groups excluding carboxylic acids is 1. The second-order valence-corrected chi connectivity index (χ2v) is 26.5. The Morgan fingerprint density at radius 3 is 2.54 bits per heavy atom. The SMILES string of the molecule is CC(=O)c1c(C)c(O)c2cc(C(=O)O)cc(O[C@@H]3O[C@H](CO)[C@]4(C[C@@H]5C6=C(CC=C6[C@]6(CCCO)COC[C@@H]7C[C@@]89C[C@]5(NN[C@@H]8C[C@]5(CC[C@@H]8CCC[C@@H]%10CCC[C@@]%10%11CC[C@]85C%11)C9)[C@H]76)CO4)[C@H](O)[C@H]3O)c2c1O. The number of nitrogens with one attached hydrogen (secondary N) is 2. The van der Waals surface area contributed by atoms with E-state index in [1.807, 2.05) is 0 Å². The first-order valence-corrected chi connectivity index (χ1v) is 28.4. The van der Waals surface area contributed by atoms with Crippen LogP contribution in [0.1, 0.15) is 155 Å². The Morgan fingerprint density at radius 2 is 1.74 bits per heavy atom. The zero-order valence-corrected chi connectivity index (χ0v) is 43.1. The van der Waals surface area contributed by atoms with Crippen LogP contribution in [0.5, 0.6) is 17.2 Å². The van der Waals surface area contributed by atoms with Crippen LogP contribution in [-0.2, 0) is 14.2 Å². The number of rotatable bonds is 8. The molecule has 14 rings (SSSR count). The van der Waals surface area contributed by atoms with E-state index in [2.05, 4.69) is 16.9 Å². The Bertz CT molecular complexity index is 2810. The quantitative estimate of drug-likeness (QED) is 0.0953. The molecule has 6 spiro atoms. The van der Waals surface area contributed by atoms with E-state index < -0.39 is 65.6 Å². The molecular formula is C59H76N2O13. The number of aliphatic hydroxyl groups is 4. The number of carboxylic acid groups (broad SMARTS) is 1. The molecule has 10 fully saturated rings. The van der Waals surface area contributed by atoms with Crippen LogP contribution < -0.4 is 15.6 Å². The van der Waals surface area contributed by atoms with Crippen molar-refractivity contribution in [2.75, 3.05) is 33.0 Å². The summed E-state index contributed by atoms with van der Waals surface area (Å²) in [7, 11) is 0. The maximum absolute atomic E-state index is 12.9. The van der Waals surface area contributed by atoms with Crippen LogP contribution in [0.15, 0.2) is 34.9 Å². The van der Waals surface area contributed by atoms with E-state index in [1.165, 1.54) is 115 Å². The highest BCUT2D eigenvalue weighted by molar-refractivity contribution is 6.11. The van der Waals surface area contributed by atoms with Crippen molar-refractivity contribution in [3.8, 4) is 17.2 Å². The van der Waals surface area contributed by atoms with Crippen LogP contribution in [0.4, 0.5) is 0 Å². The first-order valence-electron chi connectivity index (χ1n) is 28.4. The molecule has 0 unspecified atom stereocenters. The highest BCUT2D eigenvalue weighted by atomic mass is 16.7. The van der Waals surface area contributed by atoms with Crippen molar-refractivity contribution < 1.29 is 64.3 Å². The number of phenols is 2. The molecule has 3 saturated heterocycles. The number of phenolic OH excluding ortho intramolecular Hbond substituents is 2. The first-order chi connectivity index (χ1) is 35.5. The molecule has 4 aliphatic heterocycles. The summed E-state index contributed by atoms with van der Waals surface area (Å²) in [5, 5.41) is 80.2. The largest absolute Gasteiger partial charge is 0.507 e. The van der Waals surface area contributed by atoms with Crippen molar-refractivity contribution in [2.24, 2.45) is 56.7 Å². The summed E-state index contributed by atoms with van der Waals surface area (Å²) in [4.78, 5) is 25.3. The standard InChI is InChI=1S/C59H76N2O13/c1-30-43(31(2)64)47(66)45-37(46(30)65)18-33(51(69)70)19-40(45)73-52-48(67)50(68)59(42(23-63)74-52)21-39-44-32(25-72-59)9-10-38(44)56(13-5-17-62)29-71-24-34-20-54-26-55(22-41(54)60-61-58(39,28-54)49(34)56)14-11-36-7-3-6-35-8-4-12-53(35)15-16-57(36,55)27-53/h10,18-19,34-36,39,41-42,48-50,52,60-63,65-68H,3-9,11-17,20-29H2,1-2H3,(H,69,70)/t34-,35+,36-,39+,41+,42+,48+,49+,50+,52+,53-,54+,55+,56-,57-,58+,59+/m0/s1. The van der Waals surface area contributed by atoms with Crippen LogP contribution in [0.2, 0.25) is 0 Å². The zero-order valence-electron chi connectivity index (χ0n) is 43.1. The lowest BCUT2D eigenvalue weighted by atomic mass is 9.38. The number of hydrazine groups is 1. The lowest BCUT2D eigenvalue weighted by Gasteiger charge is -2.72. The van der Waals surface area contributed by atoms with Gasteiger partial charge >= 0.3 is 5.97 Å². The van der Waals surface area contributed by atoms with E-state index in [4.69, 9.17) is 18.9 Å². The second kappa shape index (κ2) is 16.5. The molecule has 15 nitrogen and oxygen atoms in total. The van der Waals surface area contributed by atoms with Gasteiger partial charge in [0.05, 0.1) is 36.3 Å². The van der Waals surface area contributed by atoms with Gasteiger partial charge in [0.15, 0.2) is 5.78 Å². The molecule has 9 N–H and O–H groups in total. The zero-order chi connectivity index (χ0) is 51.1. The number of hydrogen-bond acceptors (Lipinski definition) is 14. The van der Waals surface area contributed by atoms with Crippen LogP contribution in [-0.4, -0.2) is 122 Å². The third-order valence-corrected chi connectivity index (χ3v) is 23.9. The fourth-order valence-corrected chi connectivity index (χ4v) is 21.5. The van der Waals surface area contributed by atoms with E-state index in [-0.39, 0.29) is 92.9 Å². The van der Waals surface area contributed by atoms with Crippen molar-refractivity contribution in [2.45, 2.75) is 178 Å². The Hall–Kier alpha value is -3.64. The number of aromatic hydroxyl groups is 2. The van der Waals surface area contributed by atoms with E-state index in [0.29, 0.717) is 36.9 Å². The summed E-state index contributed by atoms with van der Waals surface area (Å²) in [5.41, 5.74) is 10.0. The first kappa shape index (κ1) is 48.7. The van der Waals surface area contributed by atoms with Gasteiger partial charge in [0.2, 0.25) is 6.29 Å². The van der Waals surface area contributed by atoms with Gasteiger partial charge in [-0.3, -0.25) is 15.6 Å². The number of aromatic carboxylic acids is 1. The van der Waals surface area contributed by atoms with E-state index in [9.17, 15) is 45.3 Å². The minimum Gasteiger partial charge on any atom is -0.507 e. The molecule has 400 valence electrons. The molecule has 4 bridgehead atoms. The molecule has 2 aromatic rings. The molecule has 15 heteroatoms. The number of fused-ring (bicyclic) bond motifs is 2. The predicted octanol–water partition coefficient (Wildman–Crippen LogP) is 7.04. The summed E-state index contributed by atoms with van der Waals surface area (Å²) in [6.45, 7) is 3.45. The van der Waals surface area contributed by atoms with E-state index in [1.54, 1.807) is 0 Å². The molecule has 4 heterocycles. The minimum atomic E-state index is -1.82. The third kappa shape index (κ3) is 6.11. The molecule has 7 saturated carbocycles. The second-order valence-electron chi connectivity index (χ2n) is 26.5. The lowest BCUT2D eigenvalue weighted by molar-refractivity contribution is -0.327. The molecule has 8 aliphatic carbocycles. The fourth-order valence-electron chi connectivity index (χ4n) is 21.5. The normalized spacial score (nSPS) is 46.3. The highest BCUT2D eigenvalue weighted by Crippen LogP contribution is 2.81. The number of carboxylic acids is 1. The smallest absolute Gasteiger partial charge is 0.335 e. The topological polar surface area (TPSA) is 237 Å². The van der Waals surface area contributed by atoms with Gasteiger partial charge in [-0.25, -0.2) is 4.79 Å². The number of allylic oxidation sites excluding steroid dienone is 1. The van der Waals surface area contributed by atoms with Gasteiger partial charge in [0.1, 0.15) is 41.2 Å². The molecule has 0 amide bonds. The molecule has 0 aromatic heterocycles. The van der Waals surface area contributed by atoms with Gasteiger partial charge in [-0.05, 0) is 197 Å². The van der Waals surface area contributed by atoms with Crippen LogP contribution in [0.25, 0.3) is 10.8 Å². The average Bonchev–Trinajstić information content (AvgIpc) is 4.19. The summed E-state index contributed by atoms with van der Waals surface area (Å²) in [6.07, 6.45) is 17.7. The maximum atomic E-state index is 12.9. The van der Waals surface area contributed by atoms with Crippen molar-refractivity contribution in [3.63, 3.8) is 0 Å². The van der Waals surface area contributed by atoms with E-state index >= 15 is 0 Å². The monoisotopic (exact) mass is 1020 g/mol. The average molecular weight is 1020 g/mol.